The molecule has 3 aromatic heterocycles. The van der Waals surface area contributed by atoms with Crippen LogP contribution in [0.5, 0.6) is 0 Å². The van der Waals surface area contributed by atoms with Crippen LogP contribution in [0.2, 0.25) is 0 Å². The van der Waals surface area contributed by atoms with E-state index in [-0.39, 0.29) is 92.3 Å². The number of aromatic amines is 1. The van der Waals surface area contributed by atoms with Gasteiger partial charge in [-0.25, -0.2) is 13.2 Å². The molecule has 4 aromatic rings. The third kappa shape index (κ3) is 4.78. The molecule has 0 saturated carbocycles. The minimum Gasteiger partial charge on any atom is -0.352 e. The summed E-state index contributed by atoms with van der Waals surface area (Å²) in [7, 11) is -3.37. The maximum Gasteiger partial charge on any atom is 0.417 e. The van der Waals surface area contributed by atoms with Crippen molar-refractivity contribution in [2.45, 2.75) is 43.5 Å². The summed E-state index contributed by atoms with van der Waals surface area (Å²) in [6, 6.07) is 1.88. The fourth-order valence-electron chi connectivity index (χ4n) is 7.27. The van der Waals surface area contributed by atoms with Crippen LogP contribution in [0.3, 0.4) is 0 Å². The third-order valence-corrected chi connectivity index (χ3v) is 13.5. The van der Waals surface area contributed by atoms with Crippen LogP contribution in [0.25, 0.3) is 32.1 Å². The van der Waals surface area contributed by atoms with E-state index in [1.165, 1.54) is 16.8 Å². The molecule has 0 unspecified atom stereocenters. The van der Waals surface area contributed by atoms with Crippen molar-refractivity contribution in [1.29, 1.82) is 0 Å². The fourth-order valence-corrected chi connectivity index (χ4v) is 12.3. The largest absolute Gasteiger partial charge is 0.417 e. The number of sulfone groups is 1. The number of hydrogen-bond acceptors (Lipinski definition) is 9. The summed E-state index contributed by atoms with van der Waals surface area (Å²) in [5.41, 5.74) is -3.09. The topological polar surface area (TPSA) is 125 Å². The quantitative estimate of drug-likeness (QED) is 0.319. The van der Waals surface area contributed by atoms with Gasteiger partial charge in [-0.3, -0.25) is 14.2 Å². The van der Waals surface area contributed by atoms with Crippen LogP contribution in [-0.4, -0.2) is 76.2 Å². The van der Waals surface area contributed by atoms with Gasteiger partial charge in [0.15, 0.2) is 9.84 Å². The Hall–Kier alpha value is -3.63. The van der Waals surface area contributed by atoms with Crippen molar-refractivity contribution in [1.82, 2.24) is 19.4 Å². The Balaban J connectivity index is 1.54. The zero-order chi connectivity index (χ0) is 32.9. The van der Waals surface area contributed by atoms with E-state index in [4.69, 9.17) is 0 Å². The molecule has 2 fully saturated rings. The van der Waals surface area contributed by atoms with E-state index >= 15 is 13.2 Å². The molecular formula is C30H28F3N5O5S3. The Labute approximate surface area is 268 Å². The van der Waals surface area contributed by atoms with Gasteiger partial charge in [-0.2, -0.15) is 18.2 Å². The standard InChI is InChI=1S/C30H28F3N5O5S3/c1-4-20(39)38-15(2)8-36(9-16(38)3)26-18-7-19(30(31,32)33)22(24-21-17(10-44-24)5-6-34-27(21)40)25-23(18)37(28(41)35-26)11-29(12-45-25)13-46(42,43)14-29/h4-7,10,15-16H,1,8-9,11-14H2,2-3H3,(H,34,40)/t15-,16+. The van der Waals surface area contributed by atoms with E-state index < -0.39 is 38.2 Å². The summed E-state index contributed by atoms with van der Waals surface area (Å²) >= 11 is 2.10. The van der Waals surface area contributed by atoms with Gasteiger partial charge in [0.05, 0.1) is 28.0 Å². The van der Waals surface area contributed by atoms with Crippen LogP contribution in [0, 0.1) is 5.41 Å². The van der Waals surface area contributed by atoms with Crippen LogP contribution in [0.4, 0.5) is 19.0 Å². The summed E-state index contributed by atoms with van der Waals surface area (Å²) in [4.78, 5) is 50.0. The Bertz CT molecular complexity index is 2180. The highest BCUT2D eigenvalue weighted by atomic mass is 32.2. The average molecular weight is 692 g/mol. The van der Waals surface area contributed by atoms with Gasteiger partial charge in [-0.1, -0.05) is 6.58 Å². The van der Waals surface area contributed by atoms with Crippen molar-refractivity contribution >= 4 is 66.3 Å². The van der Waals surface area contributed by atoms with E-state index in [1.807, 2.05) is 13.8 Å². The molecule has 1 spiro atoms. The van der Waals surface area contributed by atoms with E-state index in [1.54, 1.807) is 21.2 Å². The van der Waals surface area contributed by atoms with E-state index in [0.717, 1.165) is 29.2 Å². The molecule has 0 radical (unpaired) electrons. The van der Waals surface area contributed by atoms with Gasteiger partial charge < -0.3 is 14.8 Å². The number of carbonyl (C=O) groups is 1. The summed E-state index contributed by atoms with van der Waals surface area (Å²) in [5, 5.41) is 2.30. The van der Waals surface area contributed by atoms with Crippen molar-refractivity contribution in [3.8, 4) is 10.4 Å². The molecule has 1 amide bonds. The first-order chi connectivity index (χ1) is 21.6. The lowest BCUT2D eigenvalue weighted by atomic mass is 9.94. The van der Waals surface area contributed by atoms with E-state index in [9.17, 15) is 22.8 Å². The summed E-state index contributed by atoms with van der Waals surface area (Å²) in [5.74, 6) is -0.462. The lowest BCUT2D eigenvalue weighted by molar-refractivity contribution is -0.137. The predicted octanol–water partition coefficient (Wildman–Crippen LogP) is 4.12. The van der Waals surface area contributed by atoms with Crippen LogP contribution in [-0.2, 0) is 27.4 Å². The minimum absolute atomic E-state index is 0.0279. The highest BCUT2D eigenvalue weighted by molar-refractivity contribution is 8.00. The molecule has 3 aliphatic heterocycles. The van der Waals surface area contributed by atoms with Crippen molar-refractivity contribution in [3.05, 3.63) is 62.8 Å². The number of carbonyl (C=O) groups excluding carboxylic acids is 1. The number of halogens is 3. The number of H-pyrrole nitrogens is 1. The molecule has 3 aliphatic rings. The second kappa shape index (κ2) is 10.4. The first-order valence-corrected chi connectivity index (χ1v) is 18.1. The number of piperazine rings is 1. The van der Waals surface area contributed by atoms with Gasteiger partial charge in [-0.15, -0.1) is 23.1 Å². The Kier molecular flexibility index (Phi) is 7.03. The fraction of sp³-hybridized carbons (Fsp3) is 0.400. The number of rotatable bonds is 3. The van der Waals surface area contributed by atoms with Crippen molar-refractivity contribution < 1.29 is 26.4 Å². The molecule has 46 heavy (non-hydrogen) atoms. The number of nitrogens with zero attached hydrogens (tertiary/aromatic N) is 4. The summed E-state index contributed by atoms with van der Waals surface area (Å²) in [6.45, 7) is 7.56. The lowest BCUT2D eigenvalue weighted by Crippen LogP contribution is -2.59. The molecule has 2 atom stereocenters. The number of benzene rings is 1. The van der Waals surface area contributed by atoms with Crippen molar-refractivity contribution in [2.24, 2.45) is 5.41 Å². The number of fused-ring (bicyclic) bond motifs is 1. The number of anilines is 1. The number of aromatic nitrogens is 3. The summed E-state index contributed by atoms with van der Waals surface area (Å²) < 4.78 is 71.6. The molecule has 0 bridgehead atoms. The van der Waals surface area contributed by atoms with Gasteiger partial charge >= 0.3 is 11.9 Å². The van der Waals surface area contributed by atoms with Gasteiger partial charge in [-0.05, 0) is 42.8 Å². The zero-order valence-corrected chi connectivity index (χ0v) is 27.1. The maximum absolute atomic E-state index is 15.2. The Morgan fingerprint density at radius 2 is 1.89 bits per heavy atom. The first-order valence-electron chi connectivity index (χ1n) is 14.4. The summed E-state index contributed by atoms with van der Waals surface area (Å²) in [6.07, 6.45) is -2.23. The maximum atomic E-state index is 15.2. The minimum atomic E-state index is -4.86. The lowest BCUT2D eigenvalue weighted by Gasteiger charge is -2.44. The number of nitrogens with one attached hydrogen (secondary N) is 1. The third-order valence-electron chi connectivity index (χ3n) is 8.97. The number of amides is 1. The Morgan fingerprint density at radius 1 is 1.20 bits per heavy atom. The molecule has 0 aliphatic carbocycles. The predicted molar refractivity (Wildman–Crippen MR) is 172 cm³/mol. The molecule has 16 heteroatoms. The highest BCUT2D eigenvalue weighted by Crippen LogP contribution is 2.53. The number of thioether (sulfide) groups is 1. The van der Waals surface area contributed by atoms with Gasteiger partial charge in [0, 0.05) is 69.8 Å². The smallest absolute Gasteiger partial charge is 0.352 e. The van der Waals surface area contributed by atoms with Crippen molar-refractivity contribution in [2.75, 3.05) is 35.2 Å². The van der Waals surface area contributed by atoms with Gasteiger partial charge in [0.25, 0.3) is 5.56 Å². The molecule has 1 N–H and O–H groups in total. The number of thiophene rings is 1. The molecule has 2 saturated heterocycles. The van der Waals surface area contributed by atoms with Crippen LogP contribution in [0.1, 0.15) is 19.4 Å². The van der Waals surface area contributed by atoms with E-state index in [0.29, 0.717) is 5.39 Å². The SMILES string of the molecule is C=CC(=O)N1[C@H](C)CN(c2nc(=O)n3c4c(c(-c5scc6cc[nH]c(=O)c56)c(C(F)(F)F)cc24)SCC2(C3)CS(=O)(=O)C2)C[C@@H]1C. The molecule has 6 heterocycles. The van der Waals surface area contributed by atoms with Crippen molar-refractivity contribution in [3.63, 3.8) is 0 Å². The second-order valence-corrected chi connectivity index (χ2v) is 16.3. The van der Waals surface area contributed by atoms with Gasteiger partial charge in [0.2, 0.25) is 5.91 Å². The Morgan fingerprint density at radius 3 is 2.52 bits per heavy atom. The average Bonchev–Trinajstić information content (AvgIpc) is 3.31. The monoisotopic (exact) mass is 691 g/mol. The van der Waals surface area contributed by atoms with Crippen LogP contribution >= 0.6 is 23.1 Å². The molecular weight excluding hydrogens is 664 g/mol. The number of alkyl halides is 3. The van der Waals surface area contributed by atoms with Crippen LogP contribution in [0.15, 0.2) is 50.8 Å². The van der Waals surface area contributed by atoms with Crippen LogP contribution < -0.4 is 16.1 Å². The zero-order valence-electron chi connectivity index (χ0n) is 24.7. The van der Waals surface area contributed by atoms with Gasteiger partial charge in [0.1, 0.15) is 5.82 Å². The highest BCUT2D eigenvalue weighted by Gasteiger charge is 2.51. The molecule has 242 valence electrons. The number of hydrogen-bond donors (Lipinski definition) is 1. The first kappa shape index (κ1) is 31.0. The normalized spacial score (nSPS) is 22.2. The number of pyridine rings is 1. The molecule has 10 nitrogen and oxygen atoms in total. The van der Waals surface area contributed by atoms with E-state index in [2.05, 4.69) is 16.5 Å². The molecule has 7 rings (SSSR count). The molecule has 1 aromatic carbocycles. The second-order valence-electron chi connectivity index (χ2n) is 12.4.